The molecule has 0 atom stereocenters. The van der Waals surface area contributed by atoms with Gasteiger partial charge in [-0.3, -0.25) is 29.7 Å². The number of halogens is 2. The number of carbonyl (C=O) groups is 1. The third kappa shape index (κ3) is 4.30. The first-order valence-corrected chi connectivity index (χ1v) is 8.00. The topological polar surface area (TPSA) is 142 Å². The Kier molecular flexibility index (Phi) is 5.69. The van der Waals surface area contributed by atoms with Gasteiger partial charge in [0.15, 0.2) is 0 Å². The minimum absolute atomic E-state index is 0.163. The molecule has 13 heteroatoms. The molecule has 0 bridgehead atoms. The highest BCUT2D eigenvalue weighted by molar-refractivity contribution is 9.11. The Bertz CT molecular complexity index is 845. The molecule has 0 aliphatic heterocycles. The molecule has 0 saturated carbocycles. The summed E-state index contributed by atoms with van der Waals surface area (Å²) >= 11 is 6.29. The van der Waals surface area contributed by atoms with E-state index in [0.29, 0.717) is 8.95 Å². The van der Waals surface area contributed by atoms with Crippen molar-refractivity contribution in [2.75, 3.05) is 12.4 Å². The first kappa shape index (κ1) is 18.8. The summed E-state index contributed by atoms with van der Waals surface area (Å²) in [6.45, 7) is -0.319. The molecule has 0 unspecified atom stereocenters. The lowest BCUT2D eigenvalue weighted by molar-refractivity contribution is -0.385. The number of nitrogens with zero attached hydrogens (tertiary/aromatic N) is 4. The Morgan fingerprint density at radius 1 is 1.28 bits per heavy atom. The molecule has 1 amide bonds. The number of hydrogen-bond donors (Lipinski definition) is 1. The molecule has 2 rings (SSSR count). The quantitative estimate of drug-likeness (QED) is 0.496. The average molecular weight is 479 g/mol. The molecule has 2 aromatic rings. The number of ether oxygens (including phenoxy) is 1. The summed E-state index contributed by atoms with van der Waals surface area (Å²) in [5, 5.41) is 28.0. The summed E-state index contributed by atoms with van der Waals surface area (Å²) in [5.41, 5.74) is -0.249. The molecule has 11 nitrogen and oxygen atoms in total. The van der Waals surface area contributed by atoms with Crippen LogP contribution < -0.4 is 10.1 Å². The standard InChI is InChI=1S/C12H9Br2N5O6/c1-25-12-9(19(23)24)4-17(16-12)5-10(20)15-11-7(13)2-6(18(21)22)3-8(11)14/h2-4H,5H2,1H3,(H,15,20). The van der Waals surface area contributed by atoms with Gasteiger partial charge in [0, 0.05) is 21.1 Å². The second kappa shape index (κ2) is 7.57. The maximum atomic E-state index is 12.1. The van der Waals surface area contributed by atoms with Gasteiger partial charge in [-0.15, -0.1) is 5.10 Å². The van der Waals surface area contributed by atoms with Gasteiger partial charge in [-0.2, -0.15) is 0 Å². The lowest BCUT2D eigenvalue weighted by Gasteiger charge is -2.09. The van der Waals surface area contributed by atoms with Gasteiger partial charge in [0.05, 0.1) is 22.6 Å². The molecule has 0 fully saturated rings. The van der Waals surface area contributed by atoms with Crippen molar-refractivity contribution in [2.24, 2.45) is 0 Å². The van der Waals surface area contributed by atoms with Crippen molar-refractivity contribution in [3.8, 4) is 5.88 Å². The van der Waals surface area contributed by atoms with E-state index in [-0.39, 0.29) is 29.5 Å². The van der Waals surface area contributed by atoms with Crippen LogP contribution >= 0.6 is 31.9 Å². The van der Waals surface area contributed by atoms with Crippen molar-refractivity contribution in [3.05, 3.63) is 47.5 Å². The zero-order valence-electron chi connectivity index (χ0n) is 12.4. The van der Waals surface area contributed by atoms with Gasteiger partial charge in [0.25, 0.3) is 5.69 Å². The highest BCUT2D eigenvalue weighted by Gasteiger charge is 2.22. The van der Waals surface area contributed by atoms with Crippen LogP contribution in [0.4, 0.5) is 17.1 Å². The number of nitro benzene ring substituents is 1. The summed E-state index contributed by atoms with van der Waals surface area (Å²) in [6.07, 6.45) is 1.07. The molecule has 0 aliphatic carbocycles. The first-order chi connectivity index (χ1) is 11.7. The average Bonchev–Trinajstić information content (AvgIpc) is 2.93. The van der Waals surface area contributed by atoms with E-state index >= 15 is 0 Å². The minimum Gasteiger partial charge on any atom is -0.475 e. The molecule has 1 N–H and O–H groups in total. The molecule has 0 saturated heterocycles. The second-order valence-corrected chi connectivity index (χ2v) is 6.28. The van der Waals surface area contributed by atoms with Crippen molar-refractivity contribution < 1.29 is 19.4 Å². The number of carbonyl (C=O) groups excluding carboxylic acids is 1. The number of amides is 1. The van der Waals surface area contributed by atoms with E-state index in [1.54, 1.807) is 0 Å². The molecular weight excluding hydrogens is 470 g/mol. The number of rotatable bonds is 6. The summed E-state index contributed by atoms with van der Waals surface area (Å²) in [6, 6.07) is 2.48. The maximum absolute atomic E-state index is 12.1. The van der Waals surface area contributed by atoms with Crippen LogP contribution in [0.25, 0.3) is 0 Å². The normalized spacial score (nSPS) is 10.4. The van der Waals surface area contributed by atoms with Crippen molar-refractivity contribution >= 4 is 54.8 Å². The van der Waals surface area contributed by atoms with Crippen LogP contribution in [-0.4, -0.2) is 32.6 Å². The van der Waals surface area contributed by atoms with E-state index in [4.69, 9.17) is 4.74 Å². The van der Waals surface area contributed by atoms with Gasteiger partial charge in [-0.1, -0.05) is 0 Å². The largest absolute Gasteiger partial charge is 0.475 e. The molecule has 1 aromatic heterocycles. The van der Waals surface area contributed by atoms with E-state index in [2.05, 4.69) is 42.3 Å². The van der Waals surface area contributed by atoms with Crippen LogP contribution in [0.2, 0.25) is 0 Å². The van der Waals surface area contributed by atoms with Gasteiger partial charge >= 0.3 is 11.6 Å². The van der Waals surface area contributed by atoms with Crippen LogP contribution in [0.1, 0.15) is 0 Å². The molecule has 132 valence electrons. The highest BCUT2D eigenvalue weighted by atomic mass is 79.9. The smallest absolute Gasteiger partial charge is 0.350 e. The number of anilines is 1. The molecule has 1 heterocycles. The molecule has 25 heavy (non-hydrogen) atoms. The molecule has 0 aliphatic rings. The summed E-state index contributed by atoms with van der Waals surface area (Å²) in [5.74, 6) is -0.759. The number of hydrogen-bond acceptors (Lipinski definition) is 7. The highest BCUT2D eigenvalue weighted by Crippen LogP contribution is 2.35. The van der Waals surface area contributed by atoms with Crippen molar-refractivity contribution in [1.29, 1.82) is 0 Å². The number of non-ortho nitro benzene ring substituents is 1. The SMILES string of the molecule is COc1nn(CC(=O)Nc2c(Br)cc([N+](=O)[O-])cc2Br)cc1[N+](=O)[O-]. The van der Waals surface area contributed by atoms with E-state index in [1.807, 2.05) is 0 Å². The third-order valence-electron chi connectivity index (χ3n) is 2.91. The van der Waals surface area contributed by atoms with E-state index in [9.17, 15) is 25.0 Å². The fourth-order valence-corrected chi connectivity index (χ4v) is 3.22. The van der Waals surface area contributed by atoms with Crippen molar-refractivity contribution in [2.45, 2.75) is 6.54 Å². The second-order valence-electron chi connectivity index (χ2n) is 4.57. The van der Waals surface area contributed by atoms with Crippen molar-refractivity contribution in [1.82, 2.24) is 9.78 Å². The fourth-order valence-electron chi connectivity index (χ4n) is 1.86. The number of nitro groups is 2. The molecular formula is C12H9Br2N5O6. The van der Waals surface area contributed by atoms with E-state index < -0.39 is 15.8 Å². The minimum atomic E-state index is -0.677. The van der Waals surface area contributed by atoms with E-state index in [0.717, 1.165) is 10.9 Å². The van der Waals surface area contributed by atoms with Crippen LogP contribution in [0.15, 0.2) is 27.3 Å². The van der Waals surface area contributed by atoms with Gasteiger partial charge < -0.3 is 10.1 Å². The van der Waals surface area contributed by atoms with Crippen LogP contribution in [0, 0.1) is 20.2 Å². The summed E-state index contributed by atoms with van der Waals surface area (Å²) in [4.78, 5) is 32.5. The number of methoxy groups -OCH3 is 1. The van der Waals surface area contributed by atoms with E-state index in [1.165, 1.54) is 19.2 Å². The monoisotopic (exact) mass is 477 g/mol. The van der Waals surface area contributed by atoms with Crippen LogP contribution in [0.3, 0.4) is 0 Å². The Morgan fingerprint density at radius 3 is 2.32 bits per heavy atom. The number of benzene rings is 1. The zero-order chi connectivity index (χ0) is 18.7. The molecule has 0 spiro atoms. The maximum Gasteiger partial charge on any atom is 0.350 e. The van der Waals surface area contributed by atoms with Crippen LogP contribution in [-0.2, 0) is 11.3 Å². The Balaban J connectivity index is 2.18. The molecule has 0 radical (unpaired) electrons. The summed E-state index contributed by atoms with van der Waals surface area (Å²) < 4.78 is 6.43. The number of nitrogens with one attached hydrogen (secondary N) is 1. The van der Waals surface area contributed by atoms with Crippen molar-refractivity contribution in [3.63, 3.8) is 0 Å². The Labute approximate surface area is 156 Å². The fraction of sp³-hybridized carbons (Fsp3) is 0.167. The predicted octanol–water partition coefficient (Wildman–Crippen LogP) is 2.87. The molecule has 1 aromatic carbocycles. The lowest BCUT2D eigenvalue weighted by Crippen LogP contribution is -2.19. The first-order valence-electron chi connectivity index (χ1n) is 6.42. The Hall–Kier alpha value is -2.54. The van der Waals surface area contributed by atoms with Crippen LogP contribution in [0.5, 0.6) is 5.88 Å². The Morgan fingerprint density at radius 2 is 1.88 bits per heavy atom. The van der Waals surface area contributed by atoms with Gasteiger partial charge in [0.1, 0.15) is 12.7 Å². The summed E-state index contributed by atoms with van der Waals surface area (Å²) in [7, 11) is 1.23. The lowest BCUT2D eigenvalue weighted by atomic mass is 10.3. The van der Waals surface area contributed by atoms with Gasteiger partial charge in [0.2, 0.25) is 5.91 Å². The van der Waals surface area contributed by atoms with Gasteiger partial charge in [-0.25, -0.2) is 0 Å². The third-order valence-corrected chi connectivity index (χ3v) is 4.16. The zero-order valence-corrected chi connectivity index (χ0v) is 15.6. The number of aromatic nitrogens is 2. The van der Waals surface area contributed by atoms with Gasteiger partial charge in [-0.05, 0) is 31.9 Å². The predicted molar refractivity (Wildman–Crippen MR) is 92.6 cm³/mol.